The van der Waals surface area contributed by atoms with Crippen LogP contribution < -0.4 is 9.64 Å². The average Bonchev–Trinajstić information content (AvgIpc) is 3.91. The number of piperazine rings is 1. The van der Waals surface area contributed by atoms with Crippen LogP contribution in [0.25, 0.3) is 32.9 Å². The van der Waals surface area contributed by atoms with E-state index in [0.717, 1.165) is 38.5 Å². The normalized spacial score (nSPS) is 22.1. The number of carbonyl (C=O) groups excluding carboxylic acids is 2. The van der Waals surface area contributed by atoms with Crippen molar-refractivity contribution in [2.24, 2.45) is 5.92 Å². The van der Waals surface area contributed by atoms with E-state index in [1.54, 1.807) is 11.8 Å². The molecule has 0 saturated carbocycles. The number of terminal acetylenes is 1. The molecule has 1 N–H and O–H groups in total. The van der Waals surface area contributed by atoms with Gasteiger partial charge in [-0.2, -0.15) is 9.97 Å². The van der Waals surface area contributed by atoms with E-state index in [4.69, 9.17) is 20.6 Å². The van der Waals surface area contributed by atoms with Gasteiger partial charge in [-0.1, -0.05) is 32.3 Å². The minimum Gasteiger partial charge on any atom is -0.508 e. The first kappa shape index (κ1) is 45.3. The highest BCUT2D eigenvalue weighted by Crippen LogP contribution is 2.40. The standard InChI is InChI=1S/C30H27F2N5O5.C8H17NO.C7H12FN/c1-5-20-23(31)9-6-16-10-19(38)11-21(24(16)20)26-25(32)27-22(12-33-26)28(35-29(34-27)41-4)36-13-17-7-8-18(14-36)37(17)30(39)42-15(2)40-3;1-5-7(2)8(6-10)9(3)4;8-6-4-7-2-1-3-9(7)5-6/h1,6,9-12,15,17-18,38H,7-8,13-14H2,2-4H3;6-8H,5H2,1-4H3;6-7H,1-5H2/t;7-,8+;/m.0./s1. The monoisotopic (exact) mass is 847 g/mol. The molecule has 16 heteroatoms. The lowest BCUT2D eigenvalue weighted by Gasteiger charge is -2.41. The fraction of sp³-hybridized carbons (Fsp3) is 0.533. The molecule has 4 fully saturated rings. The average molecular weight is 848 g/mol. The van der Waals surface area contributed by atoms with Gasteiger partial charge >= 0.3 is 12.1 Å². The van der Waals surface area contributed by atoms with E-state index in [1.165, 1.54) is 57.5 Å². The Morgan fingerprint density at radius 2 is 1.80 bits per heavy atom. The molecule has 2 aromatic carbocycles. The van der Waals surface area contributed by atoms with E-state index in [9.17, 15) is 23.5 Å². The minimum atomic E-state index is -0.813. The van der Waals surface area contributed by atoms with Gasteiger partial charge in [0.1, 0.15) is 41.1 Å². The molecule has 0 aliphatic carbocycles. The Morgan fingerprint density at radius 3 is 2.39 bits per heavy atom. The predicted molar refractivity (Wildman–Crippen MR) is 227 cm³/mol. The molecule has 4 aliphatic rings. The number of fused-ring (bicyclic) bond motifs is 5. The van der Waals surface area contributed by atoms with Gasteiger partial charge in [-0.15, -0.1) is 6.42 Å². The molecule has 4 saturated heterocycles. The fourth-order valence-electron chi connectivity index (χ4n) is 8.95. The number of ether oxygens (including phenoxy) is 3. The van der Waals surface area contributed by atoms with Gasteiger partial charge in [0.05, 0.1) is 36.2 Å². The zero-order chi connectivity index (χ0) is 44.1. The fourth-order valence-corrected chi connectivity index (χ4v) is 8.95. The predicted octanol–water partition coefficient (Wildman–Crippen LogP) is 6.95. The summed E-state index contributed by atoms with van der Waals surface area (Å²) in [5.41, 5.74) is -0.194. The molecule has 328 valence electrons. The van der Waals surface area contributed by atoms with Gasteiger partial charge in [0.2, 0.25) is 6.29 Å². The Bertz CT molecular complexity index is 2230. The molecule has 0 spiro atoms. The summed E-state index contributed by atoms with van der Waals surface area (Å²) in [5, 5.41) is 11.4. The van der Waals surface area contributed by atoms with Crippen LogP contribution in [0.2, 0.25) is 0 Å². The van der Waals surface area contributed by atoms with Crippen LogP contribution in [0.5, 0.6) is 11.8 Å². The number of aromatic hydroxyl groups is 1. The number of phenols is 1. The highest BCUT2D eigenvalue weighted by Gasteiger charge is 2.45. The SMILES string of the molecule is C#Cc1c(F)ccc2cc(O)cc(-c3ncc4c(N5CC6CCC(C5)N6C(=O)OC(C)OC)nc(OC)nc4c3F)c12.CC[C@H](C)[C@@H](C=O)N(C)C.FC1CC2CCCN2C1. The summed E-state index contributed by atoms with van der Waals surface area (Å²) < 4.78 is 59.4. The van der Waals surface area contributed by atoms with E-state index in [1.807, 2.05) is 23.9 Å². The Hall–Kier alpha value is -5.24. The van der Waals surface area contributed by atoms with Gasteiger partial charge in [-0.05, 0) is 89.2 Å². The van der Waals surface area contributed by atoms with Crippen molar-refractivity contribution in [3.63, 3.8) is 0 Å². The number of hydrogen-bond acceptors (Lipinski definition) is 12. The quantitative estimate of drug-likeness (QED) is 0.106. The Kier molecular flexibility index (Phi) is 14.6. The van der Waals surface area contributed by atoms with Crippen LogP contribution in [-0.2, 0) is 14.3 Å². The second-order valence-corrected chi connectivity index (χ2v) is 16.4. The summed E-state index contributed by atoms with van der Waals surface area (Å²) in [6.07, 6.45) is 12.4. The van der Waals surface area contributed by atoms with Crippen LogP contribution in [0.4, 0.5) is 23.8 Å². The second kappa shape index (κ2) is 19.6. The maximum atomic E-state index is 16.4. The molecule has 0 radical (unpaired) electrons. The van der Waals surface area contributed by atoms with Crippen molar-refractivity contribution < 1.29 is 42.1 Å². The zero-order valence-corrected chi connectivity index (χ0v) is 35.9. The molecular formula is C45H56F3N7O6. The number of methoxy groups -OCH3 is 2. The highest BCUT2D eigenvalue weighted by molar-refractivity contribution is 6.03. The van der Waals surface area contributed by atoms with Crippen molar-refractivity contribution >= 4 is 39.9 Å². The number of alkyl halides is 1. The number of pyridine rings is 1. The van der Waals surface area contributed by atoms with Gasteiger partial charge in [0, 0.05) is 49.9 Å². The van der Waals surface area contributed by atoms with Gasteiger partial charge in [-0.25, -0.2) is 18.0 Å². The first-order valence-electron chi connectivity index (χ1n) is 20.8. The number of aromatic nitrogens is 3. The van der Waals surface area contributed by atoms with E-state index in [-0.39, 0.29) is 57.6 Å². The number of likely N-dealkylation sites (N-methyl/N-ethyl adjacent to an activating group) is 1. The summed E-state index contributed by atoms with van der Waals surface area (Å²) in [7, 11) is 6.71. The van der Waals surface area contributed by atoms with Gasteiger partial charge < -0.3 is 29.0 Å². The van der Waals surface area contributed by atoms with Crippen LogP contribution in [0.15, 0.2) is 30.5 Å². The van der Waals surface area contributed by atoms with Gasteiger partial charge in [-0.3, -0.25) is 19.7 Å². The number of hydrogen-bond donors (Lipinski definition) is 1. The summed E-state index contributed by atoms with van der Waals surface area (Å²) >= 11 is 0. The molecular weight excluding hydrogens is 792 g/mol. The highest BCUT2D eigenvalue weighted by atomic mass is 19.1. The number of carbonyl (C=O) groups is 2. The van der Waals surface area contributed by atoms with Crippen LogP contribution in [0, 0.1) is 29.9 Å². The van der Waals surface area contributed by atoms with E-state index >= 15 is 4.39 Å². The number of rotatable bonds is 9. The number of amides is 1. The smallest absolute Gasteiger partial charge is 0.412 e. The lowest BCUT2D eigenvalue weighted by Crippen LogP contribution is -2.56. The summed E-state index contributed by atoms with van der Waals surface area (Å²) in [4.78, 5) is 44.5. The Morgan fingerprint density at radius 1 is 1.08 bits per heavy atom. The van der Waals surface area contributed by atoms with E-state index < -0.39 is 30.2 Å². The van der Waals surface area contributed by atoms with Crippen molar-refractivity contribution in [2.75, 3.05) is 59.4 Å². The third kappa shape index (κ3) is 9.64. The van der Waals surface area contributed by atoms with Crippen LogP contribution in [0.1, 0.15) is 64.9 Å². The minimum absolute atomic E-state index is 0.0622. The Balaban J connectivity index is 0.000000268. The molecule has 2 bridgehead atoms. The number of aldehydes is 1. The molecule has 6 heterocycles. The summed E-state index contributed by atoms with van der Waals surface area (Å²) in [6.45, 7) is 8.55. The Labute approximate surface area is 355 Å². The first-order chi connectivity index (χ1) is 29.2. The zero-order valence-electron chi connectivity index (χ0n) is 35.9. The molecule has 61 heavy (non-hydrogen) atoms. The van der Waals surface area contributed by atoms with Crippen molar-refractivity contribution in [3.8, 4) is 35.4 Å². The van der Waals surface area contributed by atoms with E-state index in [2.05, 4.69) is 39.6 Å². The van der Waals surface area contributed by atoms with Crippen LogP contribution in [-0.4, -0.2) is 138 Å². The second-order valence-electron chi connectivity index (χ2n) is 16.4. The van der Waals surface area contributed by atoms with Crippen molar-refractivity contribution in [1.82, 2.24) is 29.7 Å². The molecule has 13 nitrogen and oxygen atoms in total. The van der Waals surface area contributed by atoms with Crippen molar-refractivity contribution in [2.45, 2.75) is 95.9 Å². The lowest BCUT2D eigenvalue weighted by molar-refractivity contribution is -0.113. The largest absolute Gasteiger partial charge is 0.508 e. The maximum Gasteiger partial charge on any atom is 0.412 e. The molecule has 1 amide bonds. The van der Waals surface area contributed by atoms with E-state index in [0.29, 0.717) is 48.2 Å². The third-order valence-corrected chi connectivity index (χ3v) is 12.3. The number of benzene rings is 2. The molecule has 7 atom stereocenters. The van der Waals surface area contributed by atoms with Crippen LogP contribution in [0.3, 0.4) is 0 Å². The van der Waals surface area contributed by atoms with Crippen molar-refractivity contribution in [1.29, 1.82) is 0 Å². The topological polar surface area (TPSA) is 134 Å². The number of anilines is 1. The van der Waals surface area contributed by atoms with Gasteiger partial charge in [0.15, 0.2) is 5.82 Å². The number of nitrogens with zero attached hydrogens (tertiary/aromatic N) is 7. The van der Waals surface area contributed by atoms with Crippen LogP contribution >= 0.6 is 0 Å². The summed E-state index contributed by atoms with van der Waals surface area (Å²) in [5.74, 6) is 1.57. The number of phenolic OH excluding ortho intramolecular Hbond substituents is 1. The maximum absolute atomic E-state index is 16.4. The third-order valence-electron chi connectivity index (χ3n) is 12.3. The van der Waals surface area contributed by atoms with Crippen molar-refractivity contribution in [3.05, 3.63) is 47.7 Å². The lowest BCUT2D eigenvalue weighted by atomic mass is 9.96. The molecule has 8 rings (SSSR count). The summed E-state index contributed by atoms with van der Waals surface area (Å²) in [6, 6.07) is 5.70. The molecule has 4 aliphatic heterocycles. The molecule has 4 aromatic rings. The number of halogens is 3. The molecule has 5 unspecified atom stereocenters. The van der Waals surface area contributed by atoms with Gasteiger partial charge in [0.25, 0.3) is 0 Å². The molecule has 2 aromatic heterocycles. The first-order valence-corrected chi connectivity index (χ1v) is 20.8.